The molecule has 19 heavy (non-hydrogen) atoms. The van der Waals surface area contributed by atoms with Gasteiger partial charge in [-0.3, -0.25) is 0 Å². The Bertz CT molecular complexity index is 545. The van der Waals surface area contributed by atoms with Gasteiger partial charge < -0.3 is 9.47 Å². The van der Waals surface area contributed by atoms with Crippen molar-refractivity contribution < 1.29 is 0 Å². The van der Waals surface area contributed by atoms with Crippen LogP contribution in [0.25, 0.3) is 11.0 Å². The van der Waals surface area contributed by atoms with E-state index < -0.39 is 0 Å². The molecule has 1 atom stereocenters. The zero-order valence-corrected chi connectivity index (χ0v) is 12.9. The third-order valence-electron chi connectivity index (χ3n) is 3.44. The summed E-state index contributed by atoms with van der Waals surface area (Å²) in [5.74, 6) is 1.94. The number of likely N-dealkylation sites (N-methyl/N-ethyl adjacent to an activating group) is 1. The molecule has 1 heterocycles. The first-order chi connectivity index (χ1) is 9.04. The predicted octanol–water partition coefficient (Wildman–Crippen LogP) is 3.53. The lowest BCUT2D eigenvalue weighted by atomic mass is 10.0. The smallest absolute Gasteiger partial charge is 0.125 e. The molecule has 0 radical (unpaired) electrons. The van der Waals surface area contributed by atoms with Crippen molar-refractivity contribution in [2.75, 3.05) is 20.6 Å². The molecule has 0 amide bonds. The van der Waals surface area contributed by atoms with Gasteiger partial charge in [0, 0.05) is 6.54 Å². The molecule has 104 valence electrons. The lowest BCUT2D eigenvalue weighted by Crippen LogP contribution is -2.29. The van der Waals surface area contributed by atoms with E-state index in [2.05, 4.69) is 60.6 Å². The topological polar surface area (TPSA) is 21.1 Å². The SMILES string of the molecule is CC(C)C(CN(C)C)n1c(CCl)nc2ccccc21. The van der Waals surface area contributed by atoms with Crippen molar-refractivity contribution in [3.63, 3.8) is 0 Å². The molecule has 2 aromatic rings. The van der Waals surface area contributed by atoms with Gasteiger partial charge in [-0.15, -0.1) is 11.6 Å². The largest absolute Gasteiger partial charge is 0.322 e. The molecule has 1 unspecified atom stereocenters. The van der Waals surface area contributed by atoms with E-state index in [0.717, 1.165) is 17.9 Å². The van der Waals surface area contributed by atoms with E-state index in [-0.39, 0.29) is 0 Å². The van der Waals surface area contributed by atoms with Crippen LogP contribution in [0.3, 0.4) is 0 Å². The van der Waals surface area contributed by atoms with E-state index >= 15 is 0 Å². The maximum atomic E-state index is 6.09. The lowest BCUT2D eigenvalue weighted by molar-refractivity contribution is 0.270. The molecule has 0 spiro atoms. The van der Waals surface area contributed by atoms with Gasteiger partial charge in [0.2, 0.25) is 0 Å². The first-order valence-electron chi connectivity index (χ1n) is 6.71. The number of benzene rings is 1. The maximum Gasteiger partial charge on any atom is 0.125 e. The van der Waals surface area contributed by atoms with Crippen LogP contribution < -0.4 is 0 Å². The fraction of sp³-hybridized carbons (Fsp3) is 0.533. The Morgan fingerprint density at radius 3 is 2.53 bits per heavy atom. The average Bonchev–Trinajstić information content (AvgIpc) is 2.73. The summed E-state index contributed by atoms with van der Waals surface area (Å²) in [5, 5.41) is 0. The van der Waals surface area contributed by atoms with E-state index in [4.69, 9.17) is 11.6 Å². The number of rotatable bonds is 5. The summed E-state index contributed by atoms with van der Waals surface area (Å²) in [6, 6.07) is 8.65. The van der Waals surface area contributed by atoms with Crippen LogP contribution in [0.4, 0.5) is 0 Å². The predicted molar refractivity (Wildman–Crippen MR) is 81.7 cm³/mol. The van der Waals surface area contributed by atoms with Crippen molar-refractivity contribution in [1.29, 1.82) is 0 Å². The van der Waals surface area contributed by atoms with Crippen LogP contribution in [0.1, 0.15) is 25.7 Å². The van der Waals surface area contributed by atoms with Crippen molar-refractivity contribution in [3.05, 3.63) is 30.1 Å². The Hall–Kier alpha value is -1.06. The fourth-order valence-corrected chi connectivity index (χ4v) is 2.71. The summed E-state index contributed by atoms with van der Waals surface area (Å²) < 4.78 is 2.31. The van der Waals surface area contributed by atoms with Crippen molar-refractivity contribution in [2.24, 2.45) is 5.92 Å². The Kier molecular flexibility index (Phi) is 4.48. The van der Waals surface area contributed by atoms with Gasteiger partial charge in [0.05, 0.1) is 23.0 Å². The summed E-state index contributed by atoms with van der Waals surface area (Å²) >= 11 is 6.09. The first-order valence-corrected chi connectivity index (χ1v) is 7.24. The molecule has 0 aliphatic heterocycles. The van der Waals surface area contributed by atoms with Crippen molar-refractivity contribution in [1.82, 2.24) is 14.5 Å². The standard InChI is InChI=1S/C15H22ClN3/c1-11(2)14(10-18(3)4)19-13-8-6-5-7-12(13)17-15(19)9-16/h5-8,11,14H,9-10H2,1-4H3. The van der Waals surface area contributed by atoms with Crippen LogP contribution in [-0.2, 0) is 5.88 Å². The molecule has 0 saturated carbocycles. The molecule has 0 N–H and O–H groups in total. The highest BCUT2D eigenvalue weighted by Gasteiger charge is 2.22. The zero-order valence-electron chi connectivity index (χ0n) is 12.1. The molecule has 0 aliphatic carbocycles. The summed E-state index contributed by atoms with van der Waals surface area (Å²) in [5.41, 5.74) is 2.21. The van der Waals surface area contributed by atoms with Crippen LogP contribution in [0.2, 0.25) is 0 Å². The molecule has 1 aromatic heterocycles. The number of imidazole rings is 1. The quantitative estimate of drug-likeness (QED) is 0.781. The van der Waals surface area contributed by atoms with Gasteiger partial charge in [0.1, 0.15) is 5.82 Å². The van der Waals surface area contributed by atoms with Crippen molar-refractivity contribution in [2.45, 2.75) is 25.8 Å². The maximum absolute atomic E-state index is 6.09. The van der Waals surface area contributed by atoms with Gasteiger partial charge in [0.25, 0.3) is 0 Å². The highest BCUT2D eigenvalue weighted by Crippen LogP contribution is 2.27. The summed E-state index contributed by atoms with van der Waals surface area (Å²) in [6.45, 7) is 5.49. The molecule has 0 bridgehead atoms. The van der Waals surface area contributed by atoms with E-state index in [0.29, 0.717) is 17.8 Å². The Morgan fingerprint density at radius 2 is 1.95 bits per heavy atom. The second-order valence-electron chi connectivity index (χ2n) is 5.59. The molecular formula is C15H22ClN3. The van der Waals surface area contributed by atoms with Gasteiger partial charge in [-0.1, -0.05) is 26.0 Å². The van der Waals surface area contributed by atoms with E-state index in [1.54, 1.807) is 0 Å². The molecule has 0 fully saturated rings. The zero-order chi connectivity index (χ0) is 14.0. The average molecular weight is 280 g/mol. The van der Waals surface area contributed by atoms with Crippen molar-refractivity contribution in [3.8, 4) is 0 Å². The molecule has 0 saturated heterocycles. The monoisotopic (exact) mass is 279 g/mol. The second kappa shape index (κ2) is 5.93. The number of fused-ring (bicyclic) bond motifs is 1. The third kappa shape index (κ3) is 2.93. The molecule has 3 nitrogen and oxygen atoms in total. The number of para-hydroxylation sites is 2. The summed E-state index contributed by atoms with van der Waals surface area (Å²) in [4.78, 5) is 6.87. The van der Waals surface area contributed by atoms with Gasteiger partial charge in [-0.2, -0.15) is 0 Å². The molecular weight excluding hydrogens is 258 g/mol. The van der Waals surface area contributed by atoms with Gasteiger partial charge >= 0.3 is 0 Å². The highest BCUT2D eigenvalue weighted by molar-refractivity contribution is 6.16. The van der Waals surface area contributed by atoms with Crippen LogP contribution in [0.5, 0.6) is 0 Å². The van der Waals surface area contributed by atoms with Crippen molar-refractivity contribution >= 4 is 22.6 Å². The Morgan fingerprint density at radius 1 is 1.26 bits per heavy atom. The minimum absolute atomic E-state index is 0.385. The number of hydrogen-bond donors (Lipinski definition) is 0. The van der Waals surface area contributed by atoms with E-state index in [1.165, 1.54) is 5.52 Å². The number of halogens is 1. The third-order valence-corrected chi connectivity index (χ3v) is 3.68. The van der Waals surface area contributed by atoms with Crippen LogP contribution in [0.15, 0.2) is 24.3 Å². The van der Waals surface area contributed by atoms with E-state index in [1.807, 2.05) is 6.07 Å². The van der Waals surface area contributed by atoms with E-state index in [9.17, 15) is 0 Å². The number of aromatic nitrogens is 2. The minimum atomic E-state index is 0.385. The van der Waals surface area contributed by atoms with Gasteiger partial charge in [0.15, 0.2) is 0 Å². The van der Waals surface area contributed by atoms with Crippen LogP contribution in [0, 0.1) is 5.92 Å². The van der Waals surface area contributed by atoms with Gasteiger partial charge in [-0.25, -0.2) is 4.98 Å². The number of alkyl halides is 1. The number of nitrogens with zero attached hydrogens (tertiary/aromatic N) is 3. The lowest BCUT2D eigenvalue weighted by Gasteiger charge is -2.28. The molecule has 1 aromatic carbocycles. The normalized spacial score (nSPS) is 13.6. The van der Waals surface area contributed by atoms with Gasteiger partial charge in [-0.05, 0) is 32.1 Å². The summed E-state index contributed by atoms with van der Waals surface area (Å²) in [7, 11) is 4.21. The van der Waals surface area contributed by atoms with Crippen LogP contribution in [-0.4, -0.2) is 35.1 Å². The number of hydrogen-bond acceptors (Lipinski definition) is 2. The Labute approximate surface area is 120 Å². The first kappa shape index (κ1) is 14.4. The Balaban J connectivity index is 2.56. The minimum Gasteiger partial charge on any atom is -0.322 e. The molecule has 4 heteroatoms. The molecule has 0 aliphatic rings. The fourth-order valence-electron chi connectivity index (χ4n) is 2.52. The highest BCUT2D eigenvalue weighted by atomic mass is 35.5. The van der Waals surface area contributed by atoms with Crippen LogP contribution >= 0.6 is 11.6 Å². The second-order valence-corrected chi connectivity index (χ2v) is 5.86. The summed E-state index contributed by atoms with van der Waals surface area (Å²) in [6.07, 6.45) is 0. The molecule has 2 rings (SSSR count).